The van der Waals surface area contributed by atoms with Gasteiger partial charge < -0.3 is 10.1 Å². The van der Waals surface area contributed by atoms with Crippen LogP contribution in [0.4, 0.5) is 0 Å². The van der Waals surface area contributed by atoms with Gasteiger partial charge in [-0.2, -0.15) is 0 Å². The normalized spacial score (nSPS) is 18.1. The molecule has 0 aromatic carbocycles. The van der Waals surface area contributed by atoms with Crippen molar-refractivity contribution in [2.45, 2.75) is 25.5 Å². The predicted molar refractivity (Wildman–Crippen MR) is 80.4 cm³/mol. The molecule has 1 aliphatic heterocycles. The third kappa shape index (κ3) is 4.97. The van der Waals surface area contributed by atoms with Gasteiger partial charge in [-0.05, 0) is 24.3 Å². The van der Waals surface area contributed by atoms with Gasteiger partial charge in [-0.15, -0.1) is 17.8 Å². The van der Waals surface area contributed by atoms with E-state index in [4.69, 9.17) is 11.2 Å². The van der Waals surface area contributed by atoms with Crippen molar-refractivity contribution in [1.82, 2.24) is 10.2 Å². The van der Waals surface area contributed by atoms with Crippen molar-refractivity contribution in [2.75, 3.05) is 26.2 Å². The Hall–Kier alpha value is -1.35. The van der Waals surface area contributed by atoms with Gasteiger partial charge in [0.25, 0.3) is 0 Å². The van der Waals surface area contributed by atoms with E-state index in [9.17, 15) is 4.79 Å². The van der Waals surface area contributed by atoms with Gasteiger partial charge in [0, 0.05) is 24.6 Å². The minimum Gasteiger partial charge on any atom is -0.377 e. The number of hydrogen-bond acceptors (Lipinski definition) is 4. The summed E-state index contributed by atoms with van der Waals surface area (Å²) in [5, 5.41) is 4.77. The Morgan fingerprint density at radius 2 is 2.55 bits per heavy atom. The van der Waals surface area contributed by atoms with Crippen LogP contribution in [-0.2, 0) is 16.1 Å². The van der Waals surface area contributed by atoms with E-state index in [2.05, 4.69) is 27.6 Å². The van der Waals surface area contributed by atoms with Gasteiger partial charge in [0.15, 0.2) is 0 Å². The molecule has 1 aliphatic rings. The van der Waals surface area contributed by atoms with E-state index in [0.717, 1.165) is 32.5 Å². The highest BCUT2D eigenvalue weighted by atomic mass is 32.1. The third-order valence-electron chi connectivity index (χ3n) is 3.20. The molecule has 1 N–H and O–H groups in total. The van der Waals surface area contributed by atoms with Crippen LogP contribution < -0.4 is 5.32 Å². The molecule has 20 heavy (non-hydrogen) atoms. The summed E-state index contributed by atoms with van der Waals surface area (Å²) in [6.07, 6.45) is 7.59. The van der Waals surface area contributed by atoms with Gasteiger partial charge in [0.1, 0.15) is 0 Å². The number of rotatable bonds is 7. The predicted octanol–water partition coefficient (Wildman–Crippen LogP) is 1.48. The number of carbonyl (C=O) groups excluding carboxylic acids is 1. The van der Waals surface area contributed by atoms with E-state index < -0.39 is 0 Å². The first-order valence-electron chi connectivity index (χ1n) is 6.84. The summed E-state index contributed by atoms with van der Waals surface area (Å²) < 4.78 is 5.66. The van der Waals surface area contributed by atoms with E-state index in [1.165, 1.54) is 4.88 Å². The molecule has 0 aliphatic carbocycles. The van der Waals surface area contributed by atoms with E-state index in [0.29, 0.717) is 6.54 Å². The van der Waals surface area contributed by atoms with Crippen LogP contribution in [0.3, 0.4) is 0 Å². The molecule has 0 saturated carbocycles. The first kappa shape index (κ1) is 15.0. The number of terminal acetylenes is 1. The van der Waals surface area contributed by atoms with Crippen molar-refractivity contribution in [3.8, 4) is 12.3 Å². The maximum Gasteiger partial charge on any atom is 0.234 e. The van der Waals surface area contributed by atoms with Gasteiger partial charge >= 0.3 is 0 Å². The number of ether oxygens (including phenoxy) is 1. The molecule has 1 aromatic rings. The van der Waals surface area contributed by atoms with Crippen molar-refractivity contribution in [2.24, 2.45) is 0 Å². The average molecular weight is 292 g/mol. The Labute approximate surface area is 124 Å². The molecule has 2 heterocycles. The van der Waals surface area contributed by atoms with Crippen molar-refractivity contribution in [3.63, 3.8) is 0 Å². The van der Waals surface area contributed by atoms with Crippen molar-refractivity contribution in [3.05, 3.63) is 22.4 Å². The number of carbonyl (C=O) groups is 1. The molecule has 1 atom stereocenters. The Kier molecular flexibility index (Phi) is 6.06. The molecule has 0 spiro atoms. The molecule has 2 rings (SSSR count). The second-order valence-corrected chi connectivity index (χ2v) is 5.90. The molecule has 4 nitrogen and oxygen atoms in total. The standard InChI is InChI=1S/C15H20N2O2S/c1-2-7-16-15(18)12-17(10-13-5-3-8-19-13)11-14-6-4-9-20-14/h1,4,6,9,13H,3,5,7-8,10-12H2,(H,16,18). The Morgan fingerprint density at radius 1 is 1.65 bits per heavy atom. The molecule has 1 fully saturated rings. The molecule has 1 unspecified atom stereocenters. The Bertz CT molecular complexity index is 447. The number of thiophene rings is 1. The van der Waals surface area contributed by atoms with Gasteiger partial charge in [0.2, 0.25) is 5.91 Å². The first-order chi connectivity index (χ1) is 9.78. The fraction of sp³-hybridized carbons (Fsp3) is 0.533. The Morgan fingerprint density at radius 3 is 3.20 bits per heavy atom. The molecule has 1 aromatic heterocycles. The van der Waals surface area contributed by atoms with Crippen LogP contribution in [-0.4, -0.2) is 43.2 Å². The van der Waals surface area contributed by atoms with Crippen LogP contribution in [0.15, 0.2) is 17.5 Å². The summed E-state index contributed by atoms with van der Waals surface area (Å²) >= 11 is 1.71. The van der Waals surface area contributed by atoms with Gasteiger partial charge in [-0.1, -0.05) is 12.0 Å². The number of hydrogen-bond donors (Lipinski definition) is 1. The van der Waals surface area contributed by atoms with E-state index in [1.807, 2.05) is 6.07 Å². The minimum atomic E-state index is -0.0301. The maximum atomic E-state index is 11.8. The van der Waals surface area contributed by atoms with Crippen LogP contribution in [0.5, 0.6) is 0 Å². The van der Waals surface area contributed by atoms with Crippen LogP contribution in [0.2, 0.25) is 0 Å². The number of nitrogens with one attached hydrogen (secondary N) is 1. The molecule has 0 radical (unpaired) electrons. The minimum absolute atomic E-state index is 0.0301. The van der Waals surface area contributed by atoms with Crippen molar-refractivity contribution in [1.29, 1.82) is 0 Å². The third-order valence-corrected chi connectivity index (χ3v) is 4.06. The summed E-state index contributed by atoms with van der Waals surface area (Å²) in [7, 11) is 0. The van der Waals surface area contributed by atoms with Crippen LogP contribution in [0, 0.1) is 12.3 Å². The number of amides is 1. The summed E-state index contributed by atoms with van der Waals surface area (Å²) in [5.74, 6) is 2.39. The van der Waals surface area contributed by atoms with E-state index in [-0.39, 0.29) is 18.6 Å². The van der Waals surface area contributed by atoms with Crippen LogP contribution >= 0.6 is 11.3 Å². The summed E-state index contributed by atoms with van der Waals surface area (Å²) in [6.45, 7) is 3.05. The molecule has 1 saturated heterocycles. The smallest absolute Gasteiger partial charge is 0.234 e. The highest BCUT2D eigenvalue weighted by molar-refractivity contribution is 7.09. The SMILES string of the molecule is C#CCNC(=O)CN(Cc1cccs1)CC1CCCO1. The largest absolute Gasteiger partial charge is 0.377 e. The lowest BCUT2D eigenvalue weighted by atomic mass is 10.2. The zero-order valence-electron chi connectivity index (χ0n) is 11.5. The fourth-order valence-corrected chi connectivity index (χ4v) is 3.04. The molecular formula is C15H20N2O2S. The molecule has 5 heteroatoms. The quantitative estimate of drug-likeness (QED) is 0.774. The van der Waals surface area contributed by atoms with Crippen molar-refractivity contribution < 1.29 is 9.53 Å². The fourth-order valence-electron chi connectivity index (χ4n) is 2.29. The maximum absolute atomic E-state index is 11.8. The molecule has 108 valence electrons. The lowest BCUT2D eigenvalue weighted by Crippen LogP contribution is -2.40. The average Bonchev–Trinajstić information content (AvgIpc) is 3.09. The molecular weight excluding hydrogens is 272 g/mol. The highest BCUT2D eigenvalue weighted by Gasteiger charge is 2.21. The lowest BCUT2D eigenvalue weighted by molar-refractivity contribution is -0.122. The van der Waals surface area contributed by atoms with Crippen molar-refractivity contribution >= 4 is 17.2 Å². The summed E-state index contributed by atoms with van der Waals surface area (Å²) in [6, 6.07) is 4.12. The molecule has 0 bridgehead atoms. The highest BCUT2D eigenvalue weighted by Crippen LogP contribution is 2.16. The summed E-state index contributed by atoms with van der Waals surface area (Å²) in [4.78, 5) is 15.2. The van der Waals surface area contributed by atoms with Gasteiger partial charge in [-0.3, -0.25) is 9.69 Å². The van der Waals surface area contributed by atoms with Crippen LogP contribution in [0.1, 0.15) is 17.7 Å². The monoisotopic (exact) mass is 292 g/mol. The Balaban J connectivity index is 1.88. The lowest BCUT2D eigenvalue weighted by Gasteiger charge is -2.24. The second kappa shape index (κ2) is 8.05. The zero-order valence-corrected chi connectivity index (χ0v) is 12.3. The molecule has 1 amide bonds. The van der Waals surface area contributed by atoms with Gasteiger partial charge in [0.05, 0.1) is 19.2 Å². The van der Waals surface area contributed by atoms with Crippen LogP contribution in [0.25, 0.3) is 0 Å². The number of nitrogens with zero attached hydrogens (tertiary/aromatic N) is 1. The zero-order chi connectivity index (χ0) is 14.2. The van der Waals surface area contributed by atoms with E-state index in [1.54, 1.807) is 11.3 Å². The van der Waals surface area contributed by atoms with Gasteiger partial charge in [-0.25, -0.2) is 0 Å². The summed E-state index contributed by atoms with van der Waals surface area (Å²) in [5.41, 5.74) is 0. The van der Waals surface area contributed by atoms with E-state index >= 15 is 0 Å². The first-order valence-corrected chi connectivity index (χ1v) is 7.72. The topological polar surface area (TPSA) is 41.6 Å². The second-order valence-electron chi connectivity index (χ2n) is 4.86.